The van der Waals surface area contributed by atoms with Gasteiger partial charge in [0.25, 0.3) is 0 Å². The summed E-state index contributed by atoms with van der Waals surface area (Å²) < 4.78 is 13.4. The number of halogens is 2. The van der Waals surface area contributed by atoms with Crippen molar-refractivity contribution in [2.75, 3.05) is 0 Å². The first-order valence-corrected chi connectivity index (χ1v) is 4.65. The number of pyridine rings is 1. The summed E-state index contributed by atoms with van der Waals surface area (Å²) in [6.07, 6.45) is 4.24. The zero-order valence-electron chi connectivity index (χ0n) is 7.91. The molecule has 0 aliphatic heterocycles. The molecule has 15 heavy (non-hydrogen) atoms. The predicted octanol–water partition coefficient (Wildman–Crippen LogP) is 2.64. The Kier molecular flexibility index (Phi) is 2.60. The predicted molar refractivity (Wildman–Crippen MR) is 55.0 cm³/mol. The van der Waals surface area contributed by atoms with E-state index in [1.165, 1.54) is 0 Å². The van der Waals surface area contributed by atoms with Gasteiger partial charge in [-0.3, -0.25) is 4.98 Å². The summed E-state index contributed by atoms with van der Waals surface area (Å²) in [5.74, 6) is -0.504. The zero-order chi connectivity index (χ0) is 10.8. The molecule has 2 aromatic rings. The van der Waals surface area contributed by atoms with Gasteiger partial charge in [-0.15, -0.1) is 0 Å². The molecule has 0 atom stereocenters. The minimum Gasteiger partial charge on any atom is -0.264 e. The van der Waals surface area contributed by atoms with Gasteiger partial charge in [-0.25, -0.2) is 14.4 Å². The molecule has 0 aliphatic rings. The van der Waals surface area contributed by atoms with Crippen LogP contribution in [0, 0.1) is 12.7 Å². The lowest BCUT2D eigenvalue weighted by molar-refractivity contribution is 0.618. The van der Waals surface area contributed by atoms with Crippen LogP contribution in [0.3, 0.4) is 0 Å². The first-order valence-electron chi connectivity index (χ1n) is 4.27. The first kappa shape index (κ1) is 9.98. The first-order chi connectivity index (χ1) is 7.18. The standard InChI is InChI=1S/C10H7ClFN3/c1-6-2-3-13-4-7(6)9-8(12)5-14-10(11)15-9/h2-5H,1H3. The lowest BCUT2D eigenvalue weighted by Crippen LogP contribution is -1.94. The van der Waals surface area contributed by atoms with Crippen molar-refractivity contribution < 1.29 is 4.39 Å². The van der Waals surface area contributed by atoms with Crippen LogP contribution in [0.15, 0.2) is 24.7 Å². The van der Waals surface area contributed by atoms with Crippen molar-refractivity contribution in [3.05, 3.63) is 41.3 Å². The van der Waals surface area contributed by atoms with E-state index in [1.54, 1.807) is 18.5 Å². The number of hydrogen-bond acceptors (Lipinski definition) is 3. The Balaban J connectivity index is 2.64. The van der Waals surface area contributed by atoms with E-state index < -0.39 is 5.82 Å². The Morgan fingerprint density at radius 1 is 1.33 bits per heavy atom. The van der Waals surface area contributed by atoms with Crippen molar-refractivity contribution in [1.29, 1.82) is 0 Å². The molecule has 0 radical (unpaired) electrons. The minimum atomic E-state index is -0.504. The van der Waals surface area contributed by atoms with E-state index >= 15 is 0 Å². The second-order valence-corrected chi connectivity index (χ2v) is 3.36. The quantitative estimate of drug-likeness (QED) is 0.698. The monoisotopic (exact) mass is 223 g/mol. The van der Waals surface area contributed by atoms with Gasteiger partial charge in [0.1, 0.15) is 5.69 Å². The molecule has 0 saturated carbocycles. The molecule has 0 fully saturated rings. The number of aryl methyl sites for hydroxylation is 1. The molecule has 2 rings (SSSR count). The smallest absolute Gasteiger partial charge is 0.223 e. The van der Waals surface area contributed by atoms with Crippen LogP contribution in [0.5, 0.6) is 0 Å². The topological polar surface area (TPSA) is 38.7 Å². The highest BCUT2D eigenvalue weighted by Gasteiger charge is 2.10. The molecule has 76 valence electrons. The van der Waals surface area contributed by atoms with Crippen molar-refractivity contribution in [3.8, 4) is 11.3 Å². The van der Waals surface area contributed by atoms with Gasteiger partial charge in [0.15, 0.2) is 5.82 Å². The van der Waals surface area contributed by atoms with Crippen molar-refractivity contribution in [3.63, 3.8) is 0 Å². The largest absolute Gasteiger partial charge is 0.264 e. The molecule has 3 nitrogen and oxygen atoms in total. The highest BCUT2D eigenvalue weighted by Crippen LogP contribution is 2.23. The molecule has 0 N–H and O–H groups in total. The summed E-state index contributed by atoms with van der Waals surface area (Å²) in [4.78, 5) is 11.3. The van der Waals surface area contributed by atoms with Gasteiger partial charge in [0.2, 0.25) is 5.28 Å². The SMILES string of the molecule is Cc1ccncc1-c1nc(Cl)ncc1F. The molecule has 2 aromatic heterocycles. The van der Waals surface area contributed by atoms with Crippen LogP contribution in [-0.2, 0) is 0 Å². The maximum Gasteiger partial charge on any atom is 0.223 e. The molecule has 0 amide bonds. The Morgan fingerprint density at radius 3 is 2.87 bits per heavy atom. The van der Waals surface area contributed by atoms with Crippen molar-refractivity contribution in [1.82, 2.24) is 15.0 Å². The van der Waals surface area contributed by atoms with Crippen molar-refractivity contribution >= 4 is 11.6 Å². The van der Waals surface area contributed by atoms with E-state index in [2.05, 4.69) is 15.0 Å². The van der Waals surface area contributed by atoms with Crippen LogP contribution in [-0.4, -0.2) is 15.0 Å². The lowest BCUT2D eigenvalue weighted by Gasteiger charge is -2.04. The maximum absolute atomic E-state index is 13.4. The second-order valence-electron chi connectivity index (χ2n) is 3.03. The normalized spacial score (nSPS) is 10.3. The van der Waals surface area contributed by atoms with Gasteiger partial charge in [-0.1, -0.05) is 0 Å². The average Bonchev–Trinajstić information content (AvgIpc) is 2.23. The lowest BCUT2D eigenvalue weighted by atomic mass is 10.1. The van der Waals surface area contributed by atoms with E-state index in [0.29, 0.717) is 5.56 Å². The third-order valence-electron chi connectivity index (χ3n) is 2.01. The molecule has 0 unspecified atom stereocenters. The number of hydrogen-bond donors (Lipinski definition) is 0. The number of rotatable bonds is 1. The summed E-state index contributed by atoms with van der Waals surface area (Å²) in [7, 11) is 0. The molecule has 0 bridgehead atoms. The van der Waals surface area contributed by atoms with Crippen LogP contribution in [0.1, 0.15) is 5.56 Å². The van der Waals surface area contributed by atoms with Crippen LogP contribution in [0.2, 0.25) is 5.28 Å². The van der Waals surface area contributed by atoms with Crippen LogP contribution >= 0.6 is 11.6 Å². The third kappa shape index (κ3) is 1.94. The van der Waals surface area contributed by atoms with Gasteiger partial charge < -0.3 is 0 Å². The molecule has 5 heteroatoms. The Morgan fingerprint density at radius 2 is 2.13 bits per heavy atom. The molecule has 2 heterocycles. The summed E-state index contributed by atoms with van der Waals surface area (Å²) in [6, 6.07) is 1.78. The molecule has 0 aromatic carbocycles. The molecule has 0 saturated heterocycles. The van der Waals surface area contributed by atoms with Gasteiger partial charge >= 0.3 is 0 Å². The van der Waals surface area contributed by atoms with Gasteiger partial charge in [-0.2, -0.15) is 0 Å². The summed E-state index contributed by atoms with van der Waals surface area (Å²) in [5, 5.41) is 0.0228. The van der Waals surface area contributed by atoms with Crippen molar-refractivity contribution in [2.24, 2.45) is 0 Å². The highest BCUT2D eigenvalue weighted by molar-refractivity contribution is 6.28. The zero-order valence-corrected chi connectivity index (χ0v) is 8.66. The minimum absolute atomic E-state index is 0.0228. The van der Waals surface area contributed by atoms with E-state index in [-0.39, 0.29) is 11.0 Å². The number of aromatic nitrogens is 3. The van der Waals surface area contributed by atoms with Crippen LogP contribution in [0.25, 0.3) is 11.3 Å². The maximum atomic E-state index is 13.4. The van der Waals surface area contributed by atoms with Crippen LogP contribution in [0.4, 0.5) is 4.39 Å². The molecule has 0 spiro atoms. The third-order valence-corrected chi connectivity index (χ3v) is 2.19. The Bertz CT molecular complexity index is 502. The molecular formula is C10H7ClFN3. The van der Waals surface area contributed by atoms with E-state index in [9.17, 15) is 4.39 Å². The van der Waals surface area contributed by atoms with Gasteiger partial charge in [0, 0.05) is 18.0 Å². The fraction of sp³-hybridized carbons (Fsp3) is 0.100. The highest BCUT2D eigenvalue weighted by atomic mass is 35.5. The summed E-state index contributed by atoms with van der Waals surface area (Å²) in [6.45, 7) is 1.85. The van der Waals surface area contributed by atoms with Crippen LogP contribution < -0.4 is 0 Å². The fourth-order valence-electron chi connectivity index (χ4n) is 1.25. The van der Waals surface area contributed by atoms with Gasteiger partial charge in [-0.05, 0) is 30.2 Å². The van der Waals surface area contributed by atoms with E-state index in [0.717, 1.165) is 11.8 Å². The Hall–Kier alpha value is -1.55. The Labute approximate surface area is 91.0 Å². The van der Waals surface area contributed by atoms with E-state index in [4.69, 9.17) is 11.6 Å². The molecule has 0 aliphatic carbocycles. The fourth-order valence-corrected chi connectivity index (χ4v) is 1.38. The summed E-state index contributed by atoms with van der Waals surface area (Å²) >= 11 is 5.61. The van der Waals surface area contributed by atoms with Gasteiger partial charge in [0.05, 0.1) is 6.20 Å². The average molecular weight is 224 g/mol. The molecular weight excluding hydrogens is 217 g/mol. The second kappa shape index (κ2) is 3.90. The summed E-state index contributed by atoms with van der Waals surface area (Å²) in [5.41, 5.74) is 1.69. The van der Waals surface area contributed by atoms with Crippen molar-refractivity contribution in [2.45, 2.75) is 6.92 Å². The van der Waals surface area contributed by atoms with E-state index in [1.807, 2.05) is 6.92 Å². The number of nitrogens with zero attached hydrogens (tertiary/aromatic N) is 3.